The van der Waals surface area contributed by atoms with Crippen molar-refractivity contribution in [2.24, 2.45) is 0 Å². The van der Waals surface area contributed by atoms with Gasteiger partial charge in [-0.2, -0.15) is 0 Å². The predicted octanol–water partition coefficient (Wildman–Crippen LogP) is 1.35. The Morgan fingerprint density at radius 1 is 1.00 bits per heavy atom. The Morgan fingerprint density at radius 3 is 2.25 bits per heavy atom. The third-order valence-corrected chi connectivity index (χ3v) is 2.57. The summed E-state index contributed by atoms with van der Waals surface area (Å²) in [5.74, 6) is -1.77. The lowest BCUT2D eigenvalue weighted by atomic mass is 10.2. The quantitative estimate of drug-likeness (QED) is 0.357. The maximum absolute atomic E-state index is 11.3. The maximum atomic E-state index is 11.3. The van der Waals surface area contributed by atoms with E-state index in [9.17, 15) is 14.4 Å². The van der Waals surface area contributed by atoms with E-state index in [2.05, 4.69) is 10.6 Å². The summed E-state index contributed by atoms with van der Waals surface area (Å²) in [4.78, 5) is 32.1. The molecule has 0 aliphatic rings. The average Bonchev–Trinajstić information content (AvgIpc) is 2.37. The summed E-state index contributed by atoms with van der Waals surface area (Å²) < 4.78 is 0. The number of rotatable bonds is 10. The van der Waals surface area contributed by atoms with Crippen LogP contribution in [0.15, 0.2) is 11.6 Å². The summed E-state index contributed by atoms with van der Waals surface area (Å²) in [6.45, 7) is 2.37. The molecule has 0 saturated carbocycles. The van der Waals surface area contributed by atoms with E-state index in [0.29, 0.717) is 25.9 Å². The third kappa shape index (κ3) is 11.1. The minimum atomic E-state index is -0.962. The highest BCUT2D eigenvalue weighted by molar-refractivity contribution is 5.85. The summed E-state index contributed by atoms with van der Waals surface area (Å²) >= 11 is 0. The summed E-state index contributed by atoms with van der Waals surface area (Å²) in [5.41, 5.74) is 0.255. The van der Waals surface area contributed by atoms with Crippen molar-refractivity contribution in [1.29, 1.82) is 0 Å². The van der Waals surface area contributed by atoms with Gasteiger partial charge in [0.25, 0.3) is 0 Å². The van der Waals surface area contributed by atoms with Crippen LogP contribution in [0.5, 0.6) is 0 Å². The Bertz CT molecular complexity index is 366. The number of carbonyl (C=O) groups is 3. The van der Waals surface area contributed by atoms with E-state index in [1.54, 1.807) is 6.08 Å². The van der Waals surface area contributed by atoms with Crippen molar-refractivity contribution in [3.63, 3.8) is 0 Å². The van der Waals surface area contributed by atoms with Crippen LogP contribution >= 0.6 is 0 Å². The van der Waals surface area contributed by atoms with Crippen molar-refractivity contribution in [2.75, 3.05) is 13.1 Å². The molecule has 7 heteroatoms. The van der Waals surface area contributed by atoms with E-state index in [-0.39, 0.29) is 18.0 Å². The van der Waals surface area contributed by atoms with Crippen LogP contribution < -0.4 is 10.6 Å². The number of carboxylic acid groups (broad SMARTS) is 2. The van der Waals surface area contributed by atoms with Gasteiger partial charge in [-0.1, -0.05) is 12.5 Å². The van der Waals surface area contributed by atoms with Crippen molar-refractivity contribution >= 4 is 18.0 Å². The molecule has 7 nitrogen and oxygen atoms in total. The van der Waals surface area contributed by atoms with Crippen LogP contribution in [-0.4, -0.2) is 41.3 Å². The van der Waals surface area contributed by atoms with Crippen molar-refractivity contribution in [2.45, 2.75) is 39.0 Å². The number of carbonyl (C=O) groups excluding carboxylic acids is 1. The van der Waals surface area contributed by atoms with Crippen molar-refractivity contribution in [3.8, 4) is 0 Å². The van der Waals surface area contributed by atoms with Crippen LogP contribution in [0.25, 0.3) is 0 Å². The van der Waals surface area contributed by atoms with Gasteiger partial charge in [0, 0.05) is 25.1 Å². The molecule has 20 heavy (non-hydrogen) atoms. The largest absolute Gasteiger partial charge is 0.481 e. The Labute approximate surface area is 118 Å². The second kappa shape index (κ2) is 10.8. The van der Waals surface area contributed by atoms with E-state index < -0.39 is 11.9 Å². The Balaban J connectivity index is 3.48. The van der Waals surface area contributed by atoms with E-state index in [4.69, 9.17) is 10.2 Å². The predicted molar refractivity (Wildman–Crippen MR) is 73.5 cm³/mol. The fourth-order valence-electron chi connectivity index (χ4n) is 1.40. The number of carboxylic acids is 2. The molecule has 0 rings (SSSR count). The zero-order chi connectivity index (χ0) is 15.4. The van der Waals surface area contributed by atoms with Gasteiger partial charge in [-0.05, 0) is 26.2 Å². The van der Waals surface area contributed by atoms with Gasteiger partial charge in [0.1, 0.15) is 0 Å². The highest BCUT2D eigenvalue weighted by Gasteiger charge is 2.01. The zero-order valence-electron chi connectivity index (χ0n) is 11.6. The molecule has 2 amide bonds. The van der Waals surface area contributed by atoms with Gasteiger partial charge < -0.3 is 20.8 Å². The zero-order valence-corrected chi connectivity index (χ0v) is 11.6. The van der Waals surface area contributed by atoms with Crippen molar-refractivity contribution < 1.29 is 24.6 Å². The fourth-order valence-corrected chi connectivity index (χ4v) is 1.40. The Hall–Kier alpha value is -2.05. The first-order chi connectivity index (χ1) is 9.43. The van der Waals surface area contributed by atoms with Gasteiger partial charge in [0.15, 0.2) is 0 Å². The average molecular weight is 286 g/mol. The first kappa shape index (κ1) is 17.9. The van der Waals surface area contributed by atoms with Crippen LogP contribution in [0.2, 0.25) is 0 Å². The molecule has 0 aromatic rings. The molecule has 0 spiro atoms. The molecule has 0 aliphatic heterocycles. The second-order valence-electron chi connectivity index (χ2n) is 4.37. The molecular weight excluding hydrogens is 264 g/mol. The molecule has 0 saturated heterocycles. The van der Waals surface area contributed by atoms with Gasteiger partial charge in [-0.15, -0.1) is 0 Å². The third-order valence-electron chi connectivity index (χ3n) is 2.57. The van der Waals surface area contributed by atoms with Crippen molar-refractivity contribution in [1.82, 2.24) is 10.6 Å². The normalized spacial score (nSPS) is 10.9. The maximum Gasteiger partial charge on any atom is 0.330 e. The molecule has 0 radical (unpaired) electrons. The standard InChI is InChI=1S/C13H22N2O5/c1-10(12(18)19)6-5-9-15-13(20)14-8-4-2-3-7-11(16)17/h6H,2-5,7-9H2,1H3,(H,16,17)(H,18,19)(H2,14,15,20). The first-order valence-corrected chi connectivity index (χ1v) is 6.57. The van der Waals surface area contributed by atoms with Gasteiger partial charge in [-0.25, -0.2) is 9.59 Å². The molecular formula is C13H22N2O5. The number of hydrogen-bond acceptors (Lipinski definition) is 3. The van der Waals surface area contributed by atoms with E-state index >= 15 is 0 Å². The van der Waals surface area contributed by atoms with Crippen LogP contribution in [-0.2, 0) is 9.59 Å². The number of nitrogens with one attached hydrogen (secondary N) is 2. The van der Waals surface area contributed by atoms with Gasteiger partial charge in [0.2, 0.25) is 0 Å². The number of hydrogen-bond donors (Lipinski definition) is 4. The SMILES string of the molecule is CC(=CCCNC(=O)NCCCCCC(=O)O)C(=O)O. The van der Waals surface area contributed by atoms with Crippen LogP contribution in [0.1, 0.15) is 39.0 Å². The Morgan fingerprint density at radius 2 is 1.65 bits per heavy atom. The molecule has 0 fully saturated rings. The summed E-state index contributed by atoms with van der Waals surface area (Å²) in [5, 5.41) is 22.3. The van der Waals surface area contributed by atoms with Crippen molar-refractivity contribution in [3.05, 3.63) is 11.6 Å². The van der Waals surface area contributed by atoms with Gasteiger partial charge in [-0.3, -0.25) is 4.79 Å². The summed E-state index contributed by atoms with van der Waals surface area (Å²) in [6.07, 6.45) is 4.27. The monoisotopic (exact) mass is 286 g/mol. The number of urea groups is 1. The highest BCUT2D eigenvalue weighted by atomic mass is 16.4. The fraction of sp³-hybridized carbons (Fsp3) is 0.615. The molecule has 4 N–H and O–H groups in total. The highest BCUT2D eigenvalue weighted by Crippen LogP contribution is 1.98. The lowest BCUT2D eigenvalue weighted by molar-refractivity contribution is -0.137. The summed E-state index contributed by atoms with van der Waals surface area (Å²) in [6, 6.07) is -0.301. The summed E-state index contributed by atoms with van der Waals surface area (Å²) in [7, 11) is 0. The molecule has 0 aromatic carbocycles. The minimum absolute atomic E-state index is 0.154. The minimum Gasteiger partial charge on any atom is -0.481 e. The Kier molecular flexibility index (Phi) is 9.72. The number of unbranched alkanes of at least 4 members (excludes halogenated alkanes) is 2. The first-order valence-electron chi connectivity index (χ1n) is 6.57. The second-order valence-corrected chi connectivity index (χ2v) is 4.37. The van der Waals surface area contributed by atoms with Crippen LogP contribution in [0.3, 0.4) is 0 Å². The van der Waals surface area contributed by atoms with Crippen LogP contribution in [0.4, 0.5) is 4.79 Å². The van der Waals surface area contributed by atoms with Crippen LogP contribution in [0, 0.1) is 0 Å². The molecule has 0 unspecified atom stereocenters. The molecule has 0 bridgehead atoms. The lowest BCUT2D eigenvalue weighted by Gasteiger charge is -2.06. The van der Waals surface area contributed by atoms with E-state index in [1.165, 1.54) is 6.92 Å². The molecule has 0 heterocycles. The van der Waals surface area contributed by atoms with Gasteiger partial charge >= 0.3 is 18.0 Å². The lowest BCUT2D eigenvalue weighted by Crippen LogP contribution is -2.36. The molecule has 0 aliphatic carbocycles. The van der Waals surface area contributed by atoms with Gasteiger partial charge in [0.05, 0.1) is 0 Å². The van der Waals surface area contributed by atoms with E-state index in [1.807, 2.05) is 0 Å². The molecule has 114 valence electrons. The smallest absolute Gasteiger partial charge is 0.330 e. The molecule has 0 atom stereocenters. The molecule has 0 aromatic heterocycles. The topological polar surface area (TPSA) is 116 Å². The van der Waals surface area contributed by atoms with E-state index in [0.717, 1.165) is 12.8 Å². The number of amides is 2. The number of aliphatic carboxylic acids is 2.